The molecule has 4 aromatic rings. The van der Waals surface area contributed by atoms with E-state index < -0.39 is 41.7 Å². The van der Waals surface area contributed by atoms with Crippen LogP contribution in [0.1, 0.15) is 22.3 Å². The van der Waals surface area contributed by atoms with Gasteiger partial charge in [-0.3, -0.25) is 4.57 Å². The molecule has 0 saturated carbocycles. The third-order valence-electron chi connectivity index (χ3n) is 7.84. The van der Waals surface area contributed by atoms with Crippen molar-refractivity contribution < 1.29 is 24.4 Å². The van der Waals surface area contributed by atoms with Crippen LogP contribution in [0.4, 0.5) is 5.82 Å². The summed E-state index contributed by atoms with van der Waals surface area (Å²) in [5.74, 6) is 0.0836. The van der Waals surface area contributed by atoms with E-state index in [0.29, 0.717) is 5.56 Å². The minimum absolute atomic E-state index is 0.0836. The number of hydrogen-bond acceptors (Lipinski definition) is 8. The van der Waals surface area contributed by atoms with Crippen LogP contribution in [0.3, 0.4) is 0 Å². The van der Waals surface area contributed by atoms with Gasteiger partial charge in [-0.1, -0.05) is 91.0 Å². The first-order chi connectivity index (χ1) is 19.9. The monoisotopic (exact) mass is 557 g/mol. The average Bonchev–Trinajstić information content (AvgIpc) is 3.29. The third-order valence-corrected chi connectivity index (χ3v) is 7.84. The van der Waals surface area contributed by atoms with Crippen molar-refractivity contribution in [2.75, 3.05) is 32.7 Å². The maximum absolute atomic E-state index is 14.0. The number of aliphatic hydroxyl groups is 2. The Bertz CT molecular complexity index is 1400. The van der Waals surface area contributed by atoms with Gasteiger partial charge in [-0.05, 0) is 23.6 Å². The number of benzene rings is 3. The smallest absolute Gasteiger partial charge is 0.351 e. The number of aliphatic hydroxyl groups excluding tert-OH is 2. The van der Waals surface area contributed by atoms with Gasteiger partial charge in [0, 0.05) is 18.9 Å². The number of nitrogens with zero attached hydrogens (tertiary/aromatic N) is 2. The number of aromatic nitrogens is 2. The highest BCUT2D eigenvalue weighted by atomic mass is 16.6. The summed E-state index contributed by atoms with van der Waals surface area (Å²) in [5, 5.41) is 22.2. The second kappa shape index (κ2) is 11.9. The van der Waals surface area contributed by atoms with E-state index in [2.05, 4.69) is 4.98 Å². The first kappa shape index (κ1) is 28.7. The van der Waals surface area contributed by atoms with Crippen LogP contribution in [0.5, 0.6) is 0 Å². The maximum atomic E-state index is 14.0. The molecule has 3 aromatic carbocycles. The lowest BCUT2D eigenvalue weighted by molar-refractivity contribution is -0.195. The predicted octanol–water partition coefficient (Wildman–Crippen LogP) is 2.60. The maximum Gasteiger partial charge on any atom is 0.351 e. The topological polar surface area (TPSA) is 129 Å². The molecule has 9 heteroatoms. The predicted molar refractivity (Wildman–Crippen MR) is 154 cm³/mol. The molecule has 0 amide bonds. The molecule has 0 unspecified atom stereocenters. The zero-order valence-electron chi connectivity index (χ0n) is 23.1. The molecule has 1 aromatic heterocycles. The highest BCUT2D eigenvalue weighted by Crippen LogP contribution is 2.57. The van der Waals surface area contributed by atoms with Crippen LogP contribution in [-0.4, -0.2) is 65.0 Å². The van der Waals surface area contributed by atoms with E-state index >= 15 is 0 Å². The Hall–Kier alpha value is -3.86. The van der Waals surface area contributed by atoms with Crippen molar-refractivity contribution in [2.24, 2.45) is 0 Å². The van der Waals surface area contributed by atoms with E-state index in [1.165, 1.54) is 4.57 Å². The fraction of sp³-hybridized carbons (Fsp3) is 0.312. The number of methoxy groups -OCH3 is 1. The van der Waals surface area contributed by atoms with Gasteiger partial charge in [-0.2, -0.15) is 4.98 Å². The Morgan fingerprint density at radius 3 is 1.93 bits per heavy atom. The van der Waals surface area contributed by atoms with Crippen LogP contribution >= 0.6 is 0 Å². The summed E-state index contributed by atoms with van der Waals surface area (Å²) < 4.78 is 19.9. The van der Waals surface area contributed by atoms with Crippen molar-refractivity contribution in [1.82, 2.24) is 9.55 Å². The van der Waals surface area contributed by atoms with Crippen molar-refractivity contribution in [3.63, 3.8) is 0 Å². The normalized spacial score (nSPS) is 22.6. The lowest BCUT2D eigenvalue weighted by Gasteiger charge is -2.52. The highest BCUT2D eigenvalue weighted by Gasteiger charge is 2.69. The van der Waals surface area contributed by atoms with Gasteiger partial charge < -0.3 is 30.2 Å². The molecule has 1 saturated heterocycles. The minimum atomic E-state index is -1.81. The number of ether oxygens (including phenoxy) is 3. The Morgan fingerprint density at radius 2 is 1.46 bits per heavy atom. The van der Waals surface area contributed by atoms with Crippen molar-refractivity contribution in [2.45, 2.75) is 36.4 Å². The number of nitrogen functional groups attached to an aromatic ring is 1. The molecule has 41 heavy (non-hydrogen) atoms. The van der Waals surface area contributed by atoms with Crippen molar-refractivity contribution in [3.8, 4) is 0 Å². The Balaban J connectivity index is 2.02. The standard InChI is InChI=1S/C32H35N3O6/c1-22-20-35(30(38)34-29(22)33)32(28(40-19-18-39-2)27(37)26(21-36)41-32)31(23-12-6-3-7-13-23,24-14-8-4-9-15-24)25-16-10-5-11-17-25/h3-17,20,26-28,36-37H,18-19,21H2,1-2H3,(H2,33,34,38)/t26-,27-,28-,32+/m1/s1. The zero-order chi connectivity index (χ0) is 29.0. The molecule has 4 atom stereocenters. The van der Waals surface area contributed by atoms with Crippen molar-refractivity contribution in [3.05, 3.63) is 130 Å². The van der Waals surface area contributed by atoms with Crippen LogP contribution in [0.25, 0.3) is 0 Å². The largest absolute Gasteiger partial charge is 0.394 e. The van der Waals surface area contributed by atoms with Gasteiger partial charge in [0.2, 0.25) is 0 Å². The average molecular weight is 558 g/mol. The molecule has 0 radical (unpaired) electrons. The summed E-state index contributed by atoms with van der Waals surface area (Å²) in [4.78, 5) is 18.1. The van der Waals surface area contributed by atoms with E-state index in [1.54, 1.807) is 20.2 Å². The van der Waals surface area contributed by atoms with Crippen LogP contribution in [0.15, 0.2) is 102 Å². The summed E-state index contributed by atoms with van der Waals surface area (Å²) in [7, 11) is 1.55. The molecule has 5 rings (SSSR count). The number of aryl methyl sites for hydroxylation is 1. The summed E-state index contributed by atoms with van der Waals surface area (Å²) in [6.45, 7) is 1.55. The van der Waals surface area contributed by atoms with Gasteiger partial charge >= 0.3 is 5.69 Å². The number of nitrogens with two attached hydrogens (primary N) is 1. The molecular formula is C32H35N3O6. The molecular weight excluding hydrogens is 522 g/mol. The van der Waals surface area contributed by atoms with Crippen LogP contribution < -0.4 is 11.4 Å². The van der Waals surface area contributed by atoms with Gasteiger partial charge in [-0.15, -0.1) is 0 Å². The summed E-state index contributed by atoms with van der Waals surface area (Å²) in [6.07, 6.45) is -1.99. The van der Waals surface area contributed by atoms with Gasteiger partial charge in [0.05, 0.1) is 25.2 Å². The fourth-order valence-corrected chi connectivity index (χ4v) is 6.07. The van der Waals surface area contributed by atoms with E-state index in [-0.39, 0.29) is 19.0 Å². The summed E-state index contributed by atoms with van der Waals surface area (Å²) in [6, 6.07) is 28.9. The molecule has 0 aliphatic carbocycles. The van der Waals surface area contributed by atoms with Gasteiger partial charge in [0.25, 0.3) is 0 Å². The Labute approximate surface area is 238 Å². The van der Waals surface area contributed by atoms with Crippen molar-refractivity contribution in [1.29, 1.82) is 0 Å². The van der Waals surface area contributed by atoms with Crippen LogP contribution in [0.2, 0.25) is 0 Å². The van der Waals surface area contributed by atoms with E-state index in [4.69, 9.17) is 19.9 Å². The van der Waals surface area contributed by atoms with Crippen LogP contribution in [0, 0.1) is 6.92 Å². The molecule has 1 fully saturated rings. The first-order valence-corrected chi connectivity index (χ1v) is 13.5. The zero-order valence-corrected chi connectivity index (χ0v) is 23.1. The number of anilines is 1. The minimum Gasteiger partial charge on any atom is -0.394 e. The number of hydrogen-bond donors (Lipinski definition) is 3. The second-order valence-electron chi connectivity index (χ2n) is 10.1. The van der Waals surface area contributed by atoms with Gasteiger partial charge in [-0.25, -0.2) is 4.79 Å². The van der Waals surface area contributed by atoms with E-state index in [0.717, 1.165) is 16.7 Å². The Kier molecular flexibility index (Phi) is 8.35. The van der Waals surface area contributed by atoms with E-state index in [1.807, 2.05) is 91.0 Å². The summed E-state index contributed by atoms with van der Waals surface area (Å²) in [5.41, 5.74) is 5.12. The quantitative estimate of drug-likeness (QED) is 0.201. The van der Waals surface area contributed by atoms with E-state index in [9.17, 15) is 15.0 Å². The van der Waals surface area contributed by atoms with Crippen molar-refractivity contribution >= 4 is 5.82 Å². The molecule has 1 aliphatic rings. The van der Waals surface area contributed by atoms with Gasteiger partial charge in [0.1, 0.15) is 24.1 Å². The lowest BCUT2D eigenvalue weighted by atomic mass is 9.60. The SMILES string of the molecule is COCCO[C@@H]1[C@H](O)[C@@H](CO)O[C@]1(n1cc(C)c(N)nc1=O)C(c1ccccc1)(c1ccccc1)c1ccccc1. The number of rotatable bonds is 10. The highest BCUT2D eigenvalue weighted by molar-refractivity contribution is 5.55. The Morgan fingerprint density at radius 1 is 0.951 bits per heavy atom. The van der Waals surface area contributed by atoms with Crippen LogP contribution in [-0.2, 0) is 25.4 Å². The molecule has 9 nitrogen and oxygen atoms in total. The fourth-order valence-electron chi connectivity index (χ4n) is 6.07. The third kappa shape index (κ3) is 4.65. The lowest BCUT2D eigenvalue weighted by Crippen LogP contribution is -2.64. The molecule has 0 spiro atoms. The summed E-state index contributed by atoms with van der Waals surface area (Å²) >= 11 is 0. The second-order valence-corrected chi connectivity index (χ2v) is 10.1. The molecule has 0 bridgehead atoms. The first-order valence-electron chi connectivity index (χ1n) is 13.5. The van der Waals surface area contributed by atoms with Gasteiger partial charge in [0.15, 0.2) is 5.72 Å². The molecule has 1 aliphatic heterocycles. The molecule has 2 heterocycles. The molecule has 4 N–H and O–H groups in total. The molecule has 214 valence electrons.